The van der Waals surface area contributed by atoms with Crippen LogP contribution in [0.3, 0.4) is 0 Å². The summed E-state index contributed by atoms with van der Waals surface area (Å²) in [7, 11) is 0. The molecule has 0 heterocycles. The second-order valence-corrected chi connectivity index (χ2v) is 10.2. The molecule has 30 heavy (non-hydrogen) atoms. The maximum Gasteiger partial charge on any atom is 0.123 e. The van der Waals surface area contributed by atoms with Gasteiger partial charge in [0.1, 0.15) is 5.82 Å². The number of hydrogen-bond donors (Lipinski definition) is 0. The molecule has 0 N–H and O–H groups in total. The highest BCUT2D eigenvalue weighted by Gasteiger charge is 2.28. The molecule has 1 unspecified atom stereocenters. The first-order valence-electron chi connectivity index (χ1n) is 12.5. The monoisotopic (exact) mass is 406 g/mol. The molecule has 0 radical (unpaired) electrons. The SMILES string of the molecule is CCC1CCC(C(C)CC2CCC(c3ccc(-c4ccc(F)cc4)cc3)CC2)CC1. The van der Waals surface area contributed by atoms with Crippen molar-refractivity contribution in [3.63, 3.8) is 0 Å². The molecule has 2 aromatic rings. The zero-order chi connectivity index (χ0) is 20.9. The Morgan fingerprint density at radius 1 is 0.733 bits per heavy atom. The van der Waals surface area contributed by atoms with Crippen molar-refractivity contribution in [3.8, 4) is 11.1 Å². The van der Waals surface area contributed by atoms with Crippen molar-refractivity contribution in [2.75, 3.05) is 0 Å². The van der Waals surface area contributed by atoms with Crippen LogP contribution in [0.5, 0.6) is 0 Å². The average Bonchev–Trinajstić information content (AvgIpc) is 2.80. The zero-order valence-electron chi connectivity index (χ0n) is 19.0. The Balaban J connectivity index is 1.25. The Labute approximate surface area is 183 Å². The predicted molar refractivity (Wildman–Crippen MR) is 126 cm³/mol. The van der Waals surface area contributed by atoms with Crippen LogP contribution in [0.2, 0.25) is 0 Å². The third-order valence-corrected chi connectivity index (χ3v) is 8.39. The topological polar surface area (TPSA) is 0 Å². The molecule has 2 fully saturated rings. The van der Waals surface area contributed by atoms with Crippen LogP contribution in [0, 0.1) is 29.5 Å². The summed E-state index contributed by atoms with van der Waals surface area (Å²) in [5.41, 5.74) is 3.76. The zero-order valence-corrected chi connectivity index (χ0v) is 19.0. The van der Waals surface area contributed by atoms with Gasteiger partial charge in [0.05, 0.1) is 0 Å². The molecule has 0 amide bonds. The van der Waals surface area contributed by atoms with E-state index in [1.807, 2.05) is 12.1 Å². The van der Waals surface area contributed by atoms with E-state index in [9.17, 15) is 4.39 Å². The second kappa shape index (κ2) is 10.1. The summed E-state index contributed by atoms with van der Waals surface area (Å²) in [5, 5.41) is 0. The van der Waals surface area contributed by atoms with Gasteiger partial charge in [-0.3, -0.25) is 0 Å². The minimum absolute atomic E-state index is 0.171. The minimum atomic E-state index is -0.171. The summed E-state index contributed by atoms with van der Waals surface area (Å²) < 4.78 is 13.2. The van der Waals surface area contributed by atoms with Gasteiger partial charge in [-0.15, -0.1) is 0 Å². The average molecular weight is 407 g/mol. The van der Waals surface area contributed by atoms with E-state index in [1.54, 1.807) is 12.1 Å². The van der Waals surface area contributed by atoms with Crippen molar-refractivity contribution >= 4 is 0 Å². The summed E-state index contributed by atoms with van der Waals surface area (Å²) in [6, 6.07) is 15.8. The largest absolute Gasteiger partial charge is 0.207 e. The van der Waals surface area contributed by atoms with Crippen LogP contribution in [0.4, 0.5) is 4.39 Å². The van der Waals surface area contributed by atoms with Gasteiger partial charge in [0, 0.05) is 0 Å². The van der Waals surface area contributed by atoms with Crippen molar-refractivity contribution in [2.24, 2.45) is 23.7 Å². The third-order valence-electron chi connectivity index (χ3n) is 8.39. The molecule has 1 atom stereocenters. The van der Waals surface area contributed by atoms with E-state index in [-0.39, 0.29) is 5.82 Å². The number of rotatable bonds is 6. The van der Waals surface area contributed by atoms with Crippen LogP contribution in [-0.2, 0) is 0 Å². The van der Waals surface area contributed by atoms with Gasteiger partial charge in [0.15, 0.2) is 0 Å². The fourth-order valence-corrected chi connectivity index (χ4v) is 6.21. The van der Waals surface area contributed by atoms with E-state index in [1.165, 1.54) is 75.3 Å². The van der Waals surface area contributed by atoms with Crippen molar-refractivity contribution in [1.82, 2.24) is 0 Å². The quantitative estimate of drug-likeness (QED) is 0.449. The molecule has 2 aliphatic rings. The highest BCUT2D eigenvalue weighted by Crippen LogP contribution is 2.42. The maximum absolute atomic E-state index is 13.2. The van der Waals surface area contributed by atoms with Gasteiger partial charge in [-0.25, -0.2) is 4.39 Å². The molecule has 0 saturated heterocycles. The Morgan fingerprint density at radius 2 is 1.27 bits per heavy atom. The molecule has 0 spiro atoms. The number of hydrogen-bond acceptors (Lipinski definition) is 0. The minimum Gasteiger partial charge on any atom is -0.207 e. The van der Waals surface area contributed by atoms with Gasteiger partial charge in [-0.05, 0) is 103 Å². The summed E-state index contributed by atoms with van der Waals surface area (Å²) in [6.07, 6.45) is 14.3. The van der Waals surface area contributed by atoms with Crippen LogP contribution in [0.15, 0.2) is 48.5 Å². The van der Waals surface area contributed by atoms with Crippen molar-refractivity contribution in [1.29, 1.82) is 0 Å². The van der Waals surface area contributed by atoms with E-state index in [0.717, 1.165) is 35.2 Å². The molecule has 1 heteroatoms. The van der Waals surface area contributed by atoms with Crippen LogP contribution >= 0.6 is 0 Å². The molecular formula is C29H39F. The summed E-state index contributed by atoms with van der Waals surface area (Å²) in [4.78, 5) is 0. The fraction of sp³-hybridized carbons (Fsp3) is 0.586. The Hall–Kier alpha value is -1.63. The molecule has 0 nitrogen and oxygen atoms in total. The van der Waals surface area contributed by atoms with Gasteiger partial charge in [0.2, 0.25) is 0 Å². The lowest BCUT2D eigenvalue weighted by atomic mass is 9.70. The number of benzene rings is 2. The van der Waals surface area contributed by atoms with E-state index < -0.39 is 0 Å². The van der Waals surface area contributed by atoms with Gasteiger partial charge < -0.3 is 0 Å². The van der Waals surface area contributed by atoms with Gasteiger partial charge in [-0.2, -0.15) is 0 Å². The van der Waals surface area contributed by atoms with E-state index in [4.69, 9.17) is 0 Å². The van der Waals surface area contributed by atoms with Gasteiger partial charge in [-0.1, -0.05) is 69.5 Å². The Morgan fingerprint density at radius 3 is 1.83 bits per heavy atom. The first-order chi connectivity index (χ1) is 14.6. The lowest BCUT2D eigenvalue weighted by Gasteiger charge is -2.35. The summed E-state index contributed by atoms with van der Waals surface area (Å²) in [6.45, 7) is 4.90. The summed E-state index contributed by atoms with van der Waals surface area (Å²) in [5.74, 6) is 4.41. The van der Waals surface area contributed by atoms with Gasteiger partial charge >= 0.3 is 0 Å². The fourth-order valence-electron chi connectivity index (χ4n) is 6.21. The molecule has 2 aromatic carbocycles. The van der Waals surface area contributed by atoms with Crippen molar-refractivity contribution < 1.29 is 4.39 Å². The van der Waals surface area contributed by atoms with Crippen molar-refractivity contribution in [2.45, 2.75) is 84.0 Å². The van der Waals surface area contributed by atoms with E-state index in [2.05, 4.69) is 38.1 Å². The lowest BCUT2D eigenvalue weighted by Crippen LogP contribution is -2.23. The van der Waals surface area contributed by atoms with Gasteiger partial charge in [0.25, 0.3) is 0 Å². The lowest BCUT2D eigenvalue weighted by molar-refractivity contribution is 0.172. The molecule has 0 aromatic heterocycles. The third kappa shape index (κ3) is 5.34. The Kier molecular flexibility index (Phi) is 7.28. The van der Waals surface area contributed by atoms with Crippen LogP contribution in [0.25, 0.3) is 11.1 Å². The highest BCUT2D eigenvalue weighted by atomic mass is 19.1. The molecule has 0 aliphatic heterocycles. The smallest absolute Gasteiger partial charge is 0.123 e. The highest BCUT2D eigenvalue weighted by molar-refractivity contribution is 5.63. The number of halogens is 1. The molecule has 4 rings (SSSR count). The standard InChI is InChI=1S/C29H39F/c1-3-22-4-8-24(9-5-22)21(2)20-23-6-10-25(11-7-23)26-12-14-27(15-13-26)28-16-18-29(30)19-17-28/h12-19,21-25H,3-11,20H2,1-2H3. The first-order valence-corrected chi connectivity index (χ1v) is 12.5. The molecule has 0 bridgehead atoms. The predicted octanol–water partition coefficient (Wildman–Crippen LogP) is 9.01. The summed E-state index contributed by atoms with van der Waals surface area (Å²) >= 11 is 0. The van der Waals surface area contributed by atoms with E-state index >= 15 is 0 Å². The normalized spacial score (nSPS) is 28.2. The Bertz CT molecular complexity index is 759. The van der Waals surface area contributed by atoms with E-state index in [0.29, 0.717) is 0 Å². The van der Waals surface area contributed by atoms with Crippen LogP contribution in [0.1, 0.15) is 89.5 Å². The molecule has 162 valence electrons. The molecule has 2 aliphatic carbocycles. The van der Waals surface area contributed by atoms with Crippen LogP contribution in [-0.4, -0.2) is 0 Å². The van der Waals surface area contributed by atoms with Crippen LogP contribution < -0.4 is 0 Å². The first kappa shape index (κ1) is 21.6. The molecular weight excluding hydrogens is 367 g/mol. The van der Waals surface area contributed by atoms with Crippen molar-refractivity contribution in [3.05, 3.63) is 59.9 Å². The molecule has 2 saturated carbocycles. The maximum atomic E-state index is 13.2. The second-order valence-electron chi connectivity index (χ2n) is 10.2.